The number of likely N-dealkylation sites (tertiary alicyclic amines) is 1. The van der Waals surface area contributed by atoms with Gasteiger partial charge in [-0.25, -0.2) is 4.39 Å². The van der Waals surface area contributed by atoms with Gasteiger partial charge in [-0.3, -0.25) is 9.59 Å². The molecule has 2 fully saturated rings. The van der Waals surface area contributed by atoms with E-state index in [0.29, 0.717) is 30.8 Å². The molecule has 2 aromatic carbocycles. The number of thioether (sulfide) groups is 1. The summed E-state index contributed by atoms with van der Waals surface area (Å²) in [7, 11) is 3.13. The summed E-state index contributed by atoms with van der Waals surface area (Å²) in [6, 6.07) is 11.5. The maximum atomic E-state index is 13.6. The van der Waals surface area contributed by atoms with Crippen molar-refractivity contribution in [3.8, 4) is 11.5 Å². The molecule has 2 aliphatic heterocycles. The van der Waals surface area contributed by atoms with E-state index in [1.54, 1.807) is 49.1 Å². The first-order valence-corrected chi connectivity index (χ1v) is 11.8. The number of ether oxygens (including phenoxy) is 2. The van der Waals surface area contributed by atoms with Crippen LogP contribution in [0.3, 0.4) is 0 Å². The maximum Gasteiger partial charge on any atom is 0.246 e. The van der Waals surface area contributed by atoms with Crippen molar-refractivity contribution in [2.24, 2.45) is 0 Å². The predicted molar refractivity (Wildman–Crippen MR) is 121 cm³/mol. The predicted octanol–water partition coefficient (Wildman–Crippen LogP) is 3.70. The number of benzene rings is 2. The van der Waals surface area contributed by atoms with Crippen LogP contribution in [-0.2, 0) is 16.1 Å². The zero-order valence-corrected chi connectivity index (χ0v) is 19.0. The molecule has 32 heavy (non-hydrogen) atoms. The molecule has 2 aromatic rings. The van der Waals surface area contributed by atoms with E-state index in [2.05, 4.69) is 5.32 Å². The molecule has 0 aliphatic carbocycles. The van der Waals surface area contributed by atoms with E-state index in [4.69, 9.17) is 9.47 Å². The zero-order valence-electron chi connectivity index (χ0n) is 18.2. The second kappa shape index (κ2) is 9.40. The molecule has 0 radical (unpaired) electrons. The lowest BCUT2D eigenvalue weighted by molar-refractivity contribution is -0.166. The minimum absolute atomic E-state index is 0.0414. The van der Waals surface area contributed by atoms with Crippen molar-refractivity contribution in [1.82, 2.24) is 10.2 Å². The number of methoxy groups -OCH3 is 2. The highest BCUT2D eigenvalue weighted by molar-refractivity contribution is 7.99. The Hall–Kier alpha value is -2.74. The SMILES string of the molecule is COc1cccc(CNC(=O)C2(N3C(=O)CC3c3ccc(F)cc3)CCSCC2)c1OC. The van der Waals surface area contributed by atoms with Gasteiger partial charge in [-0.1, -0.05) is 24.3 Å². The zero-order chi connectivity index (χ0) is 22.7. The number of β-lactam (4-membered cyclic amide) rings is 1. The monoisotopic (exact) mass is 458 g/mol. The van der Waals surface area contributed by atoms with Crippen LogP contribution in [0.15, 0.2) is 42.5 Å². The smallest absolute Gasteiger partial charge is 0.246 e. The van der Waals surface area contributed by atoms with Crippen LogP contribution in [0.2, 0.25) is 0 Å². The Kier molecular flexibility index (Phi) is 6.60. The second-order valence-electron chi connectivity index (χ2n) is 8.01. The van der Waals surface area contributed by atoms with E-state index in [-0.39, 0.29) is 30.2 Å². The van der Waals surface area contributed by atoms with Crippen LogP contribution in [0.5, 0.6) is 11.5 Å². The molecule has 1 N–H and O–H groups in total. The minimum Gasteiger partial charge on any atom is -0.493 e. The average Bonchev–Trinajstić information content (AvgIpc) is 2.81. The van der Waals surface area contributed by atoms with Crippen molar-refractivity contribution in [2.45, 2.75) is 37.4 Å². The van der Waals surface area contributed by atoms with Gasteiger partial charge < -0.3 is 19.7 Å². The van der Waals surface area contributed by atoms with Gasteiger partial charge in [-0.2, -0.15) is 11.8 Å². The van der Waals surface area contributed by atoms with Crippen molar-refractivity contribution in [2.75, 3.05) is 25.7 Å². The van der Waals surface area contributed by atoms with E-state index >= 15 is 0 Å². The van der Waals surface area contributed by atoms with Gasteiger partial charge in [0, 0.05) is 12.1 Å². The fourth-order valence-electron chi connectivity index (χ4n) is 4.62. The van der Waals surface area contributed by atoms with Gasteiger partial charge in [-0.05, 0) is 48.1 Å². The topological polar surface area (TPSA) is 67.9 Å². The number of para-hydroxylation sites is 1. The Morgan fingerprint density at radius 1 is 1.16 bits per heavy atom. The highest BCUT2D eigenvalue weighted by Gasteiger charge is 2.54. The minimum atomic E-state index is -0.911. The summed E-state index contributed by atoms with van der Waals surface area (Å²) in [6.45, 7) is 0.261. The van der Waals surface area contributed by atoms with Gasteiger partial charge in [0.25, 0.3) is 0 Å². The summed E-state index contributed by atoms with van der Waals surface area (Å²) in [5.74, 6) is 2.25. The molecular formula is C24H27FN2O4S. The molecule has 1 unspecified atom stereocenters. The van der Waals surface area contributed by atoms with E-state index in [1.165, 1.54) is 12.1 Å². The number of amides is 2. The summed E-state index contributed by atoms with van der Waals surface area (Å²) in [5, 5.41) is 3.05. The molecule has 1 atom stereocenters. The molecule has 0 saturated carbocycles. The molecule has 2 aliphatic rings. The third-order valence-electron chi connectivity index (χ3n) is 6.33. The summed E-state index contributed by atoms with van der Waals surface area (Å²) < 4.78 is 24.2. The number of nitrogens with one attached hydrogen (secondary N) is 1. The van der Waals surface area contributed by atoms with Gasteiger partial charge in [0.05, 0.1) is 26.7 Å². The Balaban J connectivity index is 1.58. The van der Waals surface area contributed by atoms with Crippen LogP contribution in [0.25, 0.3) is 0 Å². The number of carbonyl (C=O) groups excluding carboxylic acids is 2. The second-order valence-corrected chi connectivity index (χ2v) is 9.24. The highest BCUT2D eigenvalue weighted by atomic mass is 32.2. The van der Waals surface area contributed by atoms with Gasteiger partial charge in [0.1, 0.15) is 11.4 Å². The molecule has 0 bridgehead atoms. The first kappa shape index (κ1) is 22.5. The molecule has 4 rings (SSSR count). The van der Waals surface area contributed by atoms with Crippen LogP contribution in [0.1, 0.15) is 36.4 Å². The van der Waals surface area contributed by atoms with Crippen LogP contribution in [0, 0.1) is 5.82 Å². The van der Waals surface area contributed by atoms with Gasteiger partial charge in [0.2, 0.25) is 11.8 Å². The Bertz CT molecular complexity index is 992. The molecule has 2 saturated heterocycles. The van der Waals surface area contributed by atoms with E-state index in [9.17, 15) is 14.0 Å². The third-order valence-corrected chi connectivity index (χ3v) is 7.32. The van der Waals surface area contributed by atoms with E-state index < -0.39 is 5.54 Å². The van der Waals surface area contributed by atoms with Gasteiger partial charge >= 0.3 is 0 Å². The van der Waals surface area contributed by atoms with Gasteiger partial charge in [0.15, 0.2) is 11.5 Å². The lowest BCUT2D eigenvalue weighted by Crippen LogP contribution is -2.67. The normalized spacial score (nSPS) is 19.8. The molecule has 6 nitrogen and oxygen atoms in total. The summed E-state index contributed by atoms with van der Waals surface area (Å²) in [5.41, 5.74) is 0.738. The Labute approximate surface area is 191 Å². The largest absolute Gasteiger partial charge is 0.493 e. The molecule has 2 heterocycles. The van der Waals surface area contributed by atoms with Crippen LogP contribution >= 0.6 is 11.8 Å². The summed E-state index contributed by atoms with van der Waals surface area (Å²) >= 11 is 1.79. The van der Waals surface area contributed by atoms with Crippen LogP contribution < -0.4 is 14.8 Å². The molecule has 0 aromatic heterocycles. The standard InChI is InChI=1S/C24H27FN2O4S/c1-30-20-5-3-4-17(22(20)31-2)15-26-23(29)24(10-12-32-13-11-24)27-19(14-21(27)28)16-6-8-18(25)9-7-16/h3-9,19H,10-15H2,1-2H3,(H,26,29). The number of hydrogen-bond acceptors (Lipinski definition) is 5. The Morgan fingerprint density at radius 2 is 1.88 bits per heavy atom. The fourth-order valence-corrected chi connectivity index (χ4v) is 5.79. The summed E-state index contributed by atoms with van der Waals surface area (Å²) in [4.78, 5) is 28.1. The van der Waals surface area contributed by atoms with Crippen molar-refractivity contribution in [3.63, 3.8) is 0 Å². The van der Waals surface area contributed by atoms with Crippen molar-refractivity contribution in [1.29, 1.82) is 0 Å². The summed E-state index contributed by atoms with van der Waals surface area (Å²) in [6.07, 6.45) is 1.50. The number of nitrogens with zero attached hydrogens (tertiary/aromatic N) is 1. The molecular weight excluding hydrogens is 431 g/mol. The number of halogens is 1. The van der Waals surface area contributed by atoms with E-state index in [0.717, 1.165) is 22.6 Å². The average molecular weight is 459 g/mol. The number of rotatable bonds is 7. The molecule has 8 heteroatoms. The quantitative estimate of drug-likeness (QED) is 0.641. The lowest BCUT2D eigenvalue weighted by atomic mass is 9.80. The van der Waals surface area contributed by atoms with Gasteiger partial charge in [-0.15, -0.1) is 0 Å². The first-order chi connectivity index (χ1) is 15.5. The highest BCUT2D eigenvalue weighted by Crippen LogP contribution is 2.46. The van der Waals surface area contributed by atoms with Crippen molar-refractivity contribution >= 4 is 23.6 Å². The van der Waals surface area contributed by atoms with Crippen LogP contribution in [-0.4, -0.2) is 48.0 Å². The maximum absolute atomic E-state index is 13.6. The lowest BCUT2D eigenvalue weighted by Gasteiger charge is -2.54. The fraction of sp³-hybridized carbons (Fsp3) is 0.417. The Morgan fingerprint density at radius 3 is 2.50 bits per heavy atom. The molecule has 170 valence electrons. The number of carbonyl (C=O) groups is 2. The molecule has 0 spiro atoms. The molecule has 2 amide bonds. The number of hydrogen-bond donors (Lipinski definition) is 1. The van der Waals surface area contributed by atoms with Crippen LogP contribution in [0.4, 0.5) is 4.39 Å². The van der Waals surface area contributed by atoms with Crippen molar-refractivity contribution < 1.29 is 23.5 Å². The van der Waals surface area contributed by atoms with Crippen molar-refractivity contribution in [3.05, 3.63) is 59.4 Å². The third kappa shape index (κ3) is 4.03. The van der Waals surface area contributed by atoms with E-state index in [1.807, 2.05) is 12.1 Å². The first-order valence-electron chi connectivity index (χ1n) is 10.6.